The van der Waals surface area contributed by atoms with Gasteiger partial charge in [-0.25, -0.2) is 4.68 Å². The van der Waals surface area contributed by atoms with Crippen LogP contribution >= 0.6 is 11.6 Å². The predicted molar refractivity (Wildman–Crippen MR) is 76.1 cm³/mol. The van der Waals surface area contributed by atoms with Gasteiger partial charge in [0.05, 0.1) is 34.9 Å². The number of nitrogens with zero attached hydrogens (tertiary/aromatic N) is 4. The van der Waals surface area contributed by atoms with E-state index >= 15 is 0 Å². The lowest BCUT2D eigenvalue weighted by Gasteiger charge is -2.14. The van der Waals surface area contributed by atoms with Crippen LogP contribution in [0.4, 0.5) is 0 Å². The molecule has 1 aliphatic heterocycles. The molecule has 0 fully saturated rings. The predicted octanol–water partition coefficient (Wildman–Crippen LogP) is 1.87. The Morgan fingerprint density at radius 2 is 1.76 bits per heavy atom. The van der Waals surface area contributed by atoms with E-state index in [-0.39, 0.29) is 23.7 Å². The van der Waals surface area contributed by atoms with Crippen LogP contribution in [0.5, 0.6) is 0 Å². The Hall–Kier alpha value is -2.21. The molecule has 1 atom stereocenters. The molecule has 0 saturated carbocycles. The Balaban J connectivity index is 1.77. The highest BCUT2D eigenvalue weighted by Crippen LogP contribution is 2.23. The Labute approximate surface area is 126 Å². The third-order valence-electron chi connectivity index (χ3n) is 3.47. The number of aromatic nitrogens is 3. The van der Waals surface area contributed by atoms with E-state index in [4.69, 9.17) is 11.6 Å². The summed E-state index contributed by atoms with van der Waals surface area (Å²) in [7, 11) is 0. The van der Waals surface area contributed by atoms with E-state index in [2.05, 4.69) is 10.3 Å². The second-order valence-corrected chi connectivity index (χ2v) is 5.46. The standard InChI is InChI=1S/C14H13ClN4O2/c1-9(15)12-8-16-17-19(12)7-6-18-13(20)10-4-2-3-5-11(10)14(18)21/h2-5,8-9H,6-7H2,1H3. The second-order valence-electron chi connectivity index (χ2n) is 4.81. The van der Waals surface area contributed by atoms with Crippen LogP contribution in [0, 0.1) is 0 Å². The summed E-state index contributed by atoms with van der Waals surface area (Å²) in [4.78, 5) is 25.7. The zero-order valence-electron chi connectivity index (χ0n) is 11.4. The number of hydrogen-bond acceptors (Lipinski definition) is 4. The summed E-state index contributed by atoms with van der Waals surface area (Å²) in [5.74, 6) is -0.535. The molecule has 2 heterocycles. The van der Waals surface area contributed by atoms with Crippen LogP contribution in [-0.4, -0.2) is 38.3 Å². The fourth-order valence-corrected chi connectivity index (χ4v) is 2.55. The van der Waals surface area contributed by atoms with Gasteiger partial charge in [0.1, 0.15) is 0 Å². The average molecular weight is 305 g/mol. The number of rotatable bonds is 4. The lowest BCUT2D eigenvalue weighted by atomic mass is 10.1. The molecule has 2 aromatic rings. The molecular formula is C14H13ClN4O2. The van der Waals surface area contributed by atoms with Crippen molar-refractivity contribution >= 4 is 23.4 Å². The van der Waals surface area contributed by atoms with E-state index in [1.165, 1.54) is 4.90 Å². The number of alkyl halides is 1. The van der Waals surface area contributed by atoms with Crippen molar-refractivity contribution < 1.29 is 9.59 Å². The van der Waals surface area contributed by atoms with Crippen molar-refractivity contribution in [2.24, 2.45) is 0 Å². The summed E-state index contributed by atoms with van der Waals surface area (Å²) in [6.45, 7) is 2.43. The quantitative estimate of drug-likeness (QED) is 0.639. The third kappa shape index (κ3) is 2.31. The minimum absolute atomic E-state index is 0.234. The van der Waals surface area contributed by atoms with Crippen molar-refractivity contribution in [3.8, 4) is 0 Å². The molecule has 1 aromatic heterocycles. The Kier molecular flexibility index (Phi) is 3.47. The first kappa shape index (κ1) is 13.8. The van der Waals surface area contributed by atoms with Gasteiger partial charge in [0.25, 0.3) is 11.8 Å². The smallest absolute Gasteiger partial charge is 0.261 e. The van der Waals surface area contributed by atoms with Gasteiger partial charge in [0.2, 0.25) is 0 Å². The molecule has 2 amide bonds. The fraction of sp³-hybridized carbons (Fsp3) is 0.286. The second kappa shape index (κ2) is 5.29. The van der Waals surface area contributed by atoms with Crippen molar-refractivity contribution in [2.75, 3.05) is 6.54 Å². The molecule has 0 aliphatic carbocycles. The topological polar surface area (TPSA) is 68.1 Å². The van der Waals surface area contributed by atoms with E-state index in [0.717, 1.165) is 5.69 Å². The molecular weight excluding hydrogens is 292 g/mol. The van der Waals surface area contributed by atoms with Crippen molar-refractivity contribution in [3.63, 3.8) is 0 Å². The molecule has 7 heteroatoms. The highest BCUT2D eigenvalue weighted by atomic mass is 35.5. The molecule has 0 saturated heterocycles. The fourth-order valence-electron chi connectivity index (χ4n) is 2.38. The Morgan fingerprint density at radius 1 is 1.14 bits per heavy atom. The lowest BCUT2D eigenvalue weighted by molar-refractivity contribution is 0.0647. The highest BCUT2D eigenvalue weighted by Gasteiger charge is 2.34. The van der Waals surface area contributed by atoms with Gasteiger partial charge in [0.15, 0.2) is 0 Å². The van der Waals surface area contributed by atoms with Gasteiger partial charge in [-0.15, -0.1) is 16.7 Å². The van der Waals surface area contributed by atoms with Crippen LogP contribution in [0.1, 0.15) is 38.7 Å². The van der Waals surface area contributed by atoms with Crippen molar-refractivity contribution in [2.45, 2.75) is 18.8 Å². The van der Waals surface area contributed by atoms with Gasteiger partial charge in [-0.1, -0.05) is 17.3 Å². The van der Waals surface area contributed by atoms with Crippen molar-refractivity contribution in [3.05, 3.63) is 47.3 Å². The molecule has 1 aliphatic rings. The molecule has 0 bridgehead atoms. The summed E-state index contributed by atoms with van der Waals surface area (Å²) >= 11 is 6.03. The number of imide groups is 1. The molecule has 0 N–H and O–H groups in total. The number of fused-ring (bicyclic) bond motifs is 1. The summed E-state index contributed by atoms with van der Waals surface area (Å²) in [5, 5.41) is 7.50. The summed E-state index contributed by atoms with van der Waals surface area (Å²) < 4.78 is 1.61. The van der Waals surface area contributed by atoms with Crippen molar-refractivity contribution in [1.29, 1.82) is 0 Å². The summed E-state index contributed by atoms with van der Waals surface area (Å²) in [5.41, 5.74) is 1.66. The first-order chi connectivity index (χ1) is 10.1. The molecule has 0 spiro atoms. The molecule has 1 unspecified atom stereocenters. The number of hydrogen-bond donors (Lipinski definition) is 0. The summed E-state index contributed by atoms with van der Waals surface area (Å²) in [6.07, 6.45) is 1.58. The van der Waals surface area contributed by atoms with E-state index in [9.17, 15) is 9.59 Å². The van der Waals surface area contributed by atoms with Gasteiger partial charge in [-0.05, 0) is 19.1 Å². The van der Waals surface area contributed by atoms with Gasteiger partial charge in [-0.3, -0.25) is 14.5 Å². The SMILES string of the molecule is CC(Cl)c1cnnn1CCN1C(=O)c2ccccc2C1=O. The van der Waals surface area contributed by atoms with Gasteiger partial charge in [-0.2, -0.15) is 0 Å². The maximum absolute atomic E-state index is 12.2. The largest absolute Gasteiger partial charge is 0.272 e. The van der Waals surface area contributed by atoms with E-state index in [0.29, 0.717) is 17.7 Å². The first-order valence-electron chi connectivity index (χ1n) is 6.57. The summed E-state index contributed by atoms with van der Waals surface area (Å²) in [6, 6.07) is 6.82. The van der Waals surface area contributed by atoms with Crippen molar-refractivity contribution in [1.82, 2.24) is 19.9 Å². The normalized spacial score (nSPS) is 15.4. The molecule has 21 heavy (non-hydrogen) atoms. The first-order valence-corrected chi connectivity index (χ1v) is 7.01. The molecule has 108 valence electrons. The number of carbonyl (C=O) groups is 2. The van der Waals surface area contributed by atoms with Gasteiger partial charge >= 0.3 is 0 Å². The Bertz CT molecular complexity index is 676. The number of carbonyl (C=O) groups excluding carboxylic acids is 2. The minimum atomic E-state index is -0.267. The highest BCUT2D eigenvalue weighted by molar-refractivity contribution is 6.21. The van der Waals surface area contributed by atoms with Crippen LogP contribution in [0.25, 0.3) is 0 Å². The zero-order valence-corrected chi connectivity index (χ0v) is 12.1. The maximum Gasteiger partial charge on any atom is 0.261 e. The van der Waals surface area contributed by atoms with E-state index in [1.54, 1.807) is 35.1 Å². The van der Waals surface area contributed by atoms with Crippen LogP contribution < -0.4 is 0 Å². The monoisotopic (exact) mass is 304 g/mol. The van der Waals surface area contributed by atoms with Crippen LogP contribution in [0.3, 0.4) is 0 Å². The molecule has 6 nitrogen and oxygen atoms in total. The molecule has 3 rings (SSSR count). The zero-order chi connectivity index (χ0) is 15.0. The van der Waals surface area contributed by atoms with Gasteiger partial charge < -0.3 is 0 Å². The molecule has 1 aromatic carbocycles. The van der Waals surface area contributed by atoms with Crippen LogP contribution in [0.15, 0.2) is 30.5 Å². The number of amides is 2. The number of benzene rings is 1. The third-order valence-corrected chi connectivity index (χ3v) is 3.69. The maximum atomic E-state index is 12.2. The number of halogens is 1. The van der Waals surface area contributed by atoms with E-state index in [1.807, 2.05) is 6.92 Å². The molecule has 0 radical (unpaired) electrons. The Morgan fingerprint density at radius 3 is 2.33 bits per heavy atom. The van der Waals surface area contributed by atoms with Gasteiger partial charge in [0, 0.05) is 6.54 Å². The van der Waals surface area contributed by atoms with Crippen LogP contribution in [-0.2, 0) is 6.54 Å². The van der Waals surface area contributed by atoms with Crippen LogP contribution in [0.2, 0.25) is 0 Å². The minimum Gasteiger partial charge on any atom is -0.272 e. The lowest BCUT2D eigenvalue weighted by Crippen LogP contribution is -2.33. The average Bonchev–Trinajstić information content (AvgIpc) is 3.03. The van der Waals surface area contributed by atoms with E-state index < -0.39 is 0 Å².